The Morgan fingerprint density at radius 3 is 2.92 bits per heavy atom. The number of nitrogens with one attached hydrogen (secondary N) is 1. The Bertz CT molecular complexity index is 419. The van der Waals surface area contributed by atoms with Crippen LogP contribution in [0.15, 0.2) is 24.4 Å². The van der Waals surface area contributed by atoms with Crippen molar-refractivity contribution in [2.75, 3.05) is 5.73 Å². The third-order valence-electron chi connectivity index (χ3n) is 1.86. The van der Waals surface area contributed by atoms with Crippen molar-refractivity contribution in [1.82, 2.24) is 15.2 Å². The highest BCUT2D eigenvalue weighted by atomic mass is 15.2. The van der Waals surface area contributed by atoms with Gasteiger partial charge in [-0.15, -0.1) is 0 Å². The lowest BCUT2D eigenvalue weighted by molar-refractivity contribution is 1.09. The molecule has 2 aromatic rings. The van der Waals surface area contributed by atoms with Crippen LogP contribution in [0.1, 0.15) is 5.56 Å². The number of pyridine rings is 1. The van der Waals surface area contributed by atoms with Gasteiger partial charge in [-0.3, -0.25) is 10.1 Å². The van der Waals surface area contributed by atoms with E-state index in [9.17, 15) is 0 Å². The quantitative estimate of drug-likeness (QED) is 0.686. The number of H-pyrrole nitrogens is 1. The van der Waals surface area contributed by atoms with Crippen LogP contribution < -0.4 is 5.73 Å². The van der Waals surface area contributed by atoms with E-state index in [2.05, 4.69) is 15.2 Å². The molecule has 0 saturated carbocycles. The molecule has 0 saturated heterocycles. The third-order valence-corrected chi connectivity index (χ3v) is 1.86. The molecule has 0 unspecified atom stereocenters. The van der Waals surface area contributed by atoms with Crippen LogP contribution in [-0.4, -0.2) is 15.2 Å². The van der Waals surface area contributed by atoms with Crippen molar-refractivity contribution in [3.63, 3.8) is 0 Å². The van der Waals surface area contributed by atoms with Crippen molar-refractivity contribution in [3.8, 4) is 11.4 Å². The second-order valence-electron chi connectivity index (χ2n) is 2.88. The smallest absolute Gasteiger partial charge is 0.145 e. The average Bonchev–Trinajstić information content (AvgIpc) is 2.53. The molecule has 0 bridgehead atoms. The number of anilines is 1. The summed E-state index contributed by atoms with van der Waals surface area (Å²) < 4.78 is 0. The summed E-state index contributed by atoms with van der Waals surface area (Å²) in [4.78, 5) is 4.24. The fourth-order valence-corrected chi connectivity index (χ4v) is 1.23. The molecule has 0 aliphatic rings. The minimum absolute atomic E-state index is 0.486. The largest absolute Gasteiger partial charge is 0.382 e. The summed E-state index contributed by atoms with van der Waals surface area (Å²) in [6.07, 6.45) is 1.75. The molecule has 4 nitrogen and oxygen atoms in total. The van der Waals surface area contributed by atoms with E-state index in [0.717, 1.165) is 17.0 Å². The molecule has 0 aromatic carbocycles. The maximum absolute atomic E-state index is 5.50. The van der Waals surface area contributed by atoms with Crippen LogP contribution in [0.3, 0.4) is 0 Å². The first kappa shape index (κ1) is 7.79. The summed E-state index contributed by atoms with van der Waals surface area (Å²) >= 11 is 0. The van der Waals surface area contributed by atoms with Gasteiger partial charge in [-0.2, -0.15) is 5.10 Å². The third kappa shape index (κ3) is 1.38. The van der Waals surface area contributed by atoms with Gasteiger partial charge >= 0.3 is 0 Å². The maximum Gasteiger partial charge on any atom is 0.145 e. The average molecular weight is 174 g/mol. The normalized spacial score (nSPS) is 10.2. The maximum atomic E-state index is 5.50. The lowest BCUT2D eigenvalue weighted by Crippen LogP contribution is -1.86. The first-order valence-electron chi connectivity index (χ1n) is 4.00. The van der Waals surface area contributed by atoms with Gasteiger partial charge in [-0.25, -0.2) is 0 Å². The number of nitrogens with zero attached hydrogens (tertiary/aromatic N) is 2. The SMILES string of the molecule is Cc1cccnc1-c1cc(N)n[nH]1. The highest BCUT2D eigenvalue weighted by Gasteiger charge is 2.04. The highest BCUT2D eigenvalue weighted by molar-refractivity contribution is 5.60. The van der Waals surface area contributed by atoms with E-state index in [1.807, 2.05) is 19.1 Å². The zero-order valence-corrected chi connectivity index (χ0v) is 7.28. The van der Waals surface area contributed by atoms with Crippen LogP contribution in [0.25, 0.3) is 11.4 Å². The molecule has 2 rings (SSSR count). The molecule has 0 atom stereocenters. The van der Waals surface area contributed by atoms with Gasteiger partial charge in [-0.05, 0) is 18.6 Å². The highest BCUT2D eigenvalue weighted by Crippen LogP contribution is 2.18. The summed E-state index contributed by atoms with van der Waals surface area (Å²) in [5.74, 6) is 0.486. The topological polar surface area (TPSA) is 67.6 Å². The Hall–Kier alpha value is -1.84. The predicted octanol–water partition coefficient (Wildman–Crippen LogP) is 1.36. The number of nitrogen functional groups attached to an aromatic ring is 1. The van der Waals surface area contributed by atoms with Crippen molar-refractivity contribution < 1.29 is 0 Å². The fraction of sp³-hybridized carbons (Fsp3) is 0.111. The van der Waals surface area contributed by atoms with Crippen LogP contribution in [-0.2, 0) is 0 Å². The lowest BCUT2D eigenvalue weighted by Gasteiger charge is -1.99. The van der Waals surface area contributed by atoms with Crippen molar-refractivity contribution in [1.29, 1.82) is 0 Å². The molecule has 0 aliphatic carbocycles. The fourth-order valence-electron chi connectivity index (χ4n) is 1.23. The van der Waals surface area contributed by atoms with Gasteiger partial charge in [0.1, 0.15) is 5.82 Å². The van der Waals surface area contributed by atoms with Gasteiger partial charge < -0.3 is 5.73 Å². The number of nitrogens with two attached hydrogens (primary N) is 1. The van der Waals surface area contributed by atoms with Crippen LogP contribution >= 0.6 is 0 Å². The van der Waals surface area contributed by atoms with E-state index < -0.39 is 0 Å². The number of hydrogen-bond donors (Lipinski definition) is 2. The molecule has 66 valence electrons. The number of hydrogen-bond acceptors (Lipinski definition) is 3. The van der Waals surface area contributed by atoms with E-state index in [-0.39, 0.29) is 0 Å². The van der Waals surface area contributed by atoms with Gasteiger partial charge in [0.15, 0.2) is 0 Å². The molecule has 3 N–H and O–H groups in total. The number of rotatable bonds is 1. The number of aryl methyl sites for hydroxylation is 1. The molecule has 4 heteroatoms. The summed E-state index contributed by atoms with van der Waals surface area (Å²) in [5, 5.41) is 6.67. The predicted molar refractivity (Wildman–Crippen MR) is 51.0 cm³/mol. The Morgan fingerprint density at radius 1 is 1.46 bits per heavy atom. The molecular formula is C9H10N4. The minimum atomic E-state index is 0.486. The van der Waals surface area contributed by atoms with Crippen LogP contribution in [0.4, 0.5) is 5.82 Å². The van der Waals surface area contributed by atoms with E-state index >= 15 is 0 Å². The molecule has 0 amide bonds. The van der Waals surface area contributed by atoms with Gasteiger partial charge in [0.25, 0.3) is 0 Å². The monoisotopic (exact) mass is 174 g/mol. The van der Waals surface area contributed by atoms with Crippen LogP contribution in [0.5, 0.6) is 0 Å². The standard InChI is InChI=1S/C9H10N4/c1-6-3-2-4-11-9(6)7-5-8(10)13-12-7/h2-5H,1H3,(H3,10,12,13). The Kier molecular flexibility index (Phi) is 1.73. The van der Waals surface area contributed by atoms with E-state index in [4.69, 9.17) is 5.73 Å². The number of aromatic amines is 1. The van der Waals surface area contributed by atoms with Gasteiger partial charge in [0.2, 0.25) is 0 Å². The molecule has 2 aromatic heterocycles. The summed E-state index contributed by atoms with van der Waals surface area (Å²) in [6, 6.07) is 5.67. The molecule has 0 aliphatic heterocycles. The zero-order valence-electron chi connectivity index (χ0n) is 7.28. The first-order chi connectivity index (χ1) is 6.27. The van der Waals surface area contributed by atoms with Gasteiger partial charge in [-0.1, -0.05) is 6.07 Å². The summed E-state index contributed by atoms with van der Waals surface area (Å²) in [5.41, 5.74) is 8.35. The van der Waals surface area contributed by atoms with Crippen molar-refractivity contribution in [2.24, 2.45) is 0 Å². The molecule has 13 heavy (non-hydrogen) atoms. The second-order valence-corrected chi connectivity index (χ2v) is 2.88. The van der Waals surface area contributed by atoms with Crippen molar-refractivity contribution >= 4 is 5.82 Å². The zero-order chi connectivity index (χ0) is 9.26. The molecular weight excluding hydrogens is 164 g/mol. The molecule has 0 radical (unpaired) electrons. The molecule has 0 fully saturated rings. The van der Waals surface area contributed by atoms with Gasteiger partial charge in [0, 0.05) is 12.3 Å². The minimum Gasteiger partial charge on any atom is -0.382 e. The molecule has 0 spiro atoms. The summed E-state index contributed by atoms with van der Waals surface area (Å²) in [6.45, 7) is 2.00. The second kappa shape index (κ2) is 2.90. The van der Waals surface area contributed by atoms with Crippen LogP contribution in [0.2, 0.25) is 0 Å². The Morgan fingerprint density at radius 2 is 2.31 bits per heavy atom. The lowest BCUT2D eigenvalue weighted by atomic mass is 10.2. The molecule has 2 heterocycles. The van der Waals surface area contributed by atoms with Gasteiger partial charge in [0.05, 0.1) is 11.4 Å². The number of aromatic nitrogens is 3. The van der Waals surface area contributed by atoms with E-state index in [0.29, 0.717) is 5.82 Å². The van der Waals surface area contributed by atoms with E-state index in [1.54, 1.807) is 12.3 Å². The first-order valence-corrected chi connectivity index (χ1v) is 4.00. The van der Waals surface area contributed by atoms with Crippen molar-refractivity contribution in [2.45, 2.75) is 6.92 Å². The Labute approximate surface area is 75.8 Å². The van der Waals surface area contributed by atoms with Crippen LogP contribution in [0, 0.1) is 6.92 Å². The van der Waals surface area contributed by atoms with E-state index in [1.165, 1.54) is 0 Å². The Balaban J connectivity index is 2.52. The van der Waals surface area contributed by atoms with Crippen molar-refractivity contribution in [3.05, 3.63) is 30.0 Å². The summed E-state index contributed by atoms with van der Waals surface area (Å²) in [7, 11) is 0.